The molecule has 0 radical (unpaired) electrons. The van der Waals surface area contributed by atoms with Crippen LogP contribution in [-0.4, -0.2) is 27.9 Å². The summed E-state index contributed by atoms with van der Waals surface area (Å²) in [4.78, 5) is 32.2. The van der Waals surface area contributed by atoms with Crippen molar-refractivity contribution in [3.8, 4) is 6.07 Å². The van der Waals surface area contributed by atoms with Crippen molar-refractivity contribution in [2.75, 3.05) is 9.80 Å². The summed E-state index contributed by atoms with van der Waals surface area (Å²) in [6.45, 7) is 0.117. The predicted molar refractivity (Wildman–Crippen MR) is 113 cm³/mol. The molecule has 170 valence electrons. The molecule has 1 aliphatic carbocycles. The van der Waals surface area contributed by atoms with E-state index >= 15 is 0 Å². The lowest BCUT2D eigenvalue weighted by molar-refractivity contribution is -0.138. The number of cyclic esters (lactones) is 1. The van der Waals surface area contributed by atoms with Crippen molar-refractivity contribution in [3.63, 3.8) is 0 Å². The van der Waals surface area contributed by atoms with Crippen molar-refractivity contribution in [3.05, 3.63) is 52.8 Å². The number of thiol groups is 1. The molecule has 1 unspecified atom stereocenters. The molecule has 1 saturated carbocycles. The predicted octanol–water partition coefficient (Wildman–Crippen LogP) is 4.02. The highest BCUT2D eigenvalue weighted by atomic mass is 32.1. The summed E-state index contributed by atoms with van der Waals surface area (Å²) in [7, 11) is 0. The van der Waals surface area contributed by atoms with Crippen LogP contribution in [0.4, 0.5) is 24.5 Å². The molecule has 5 rings (SSSR count). The van der Waals surface area contributed by atoms with Gasteiger partial charge in [-0.15, -0.1) is 12.6 Å². The number of benzene rings is 1. The summed E-state index contributed by atoms with van der Waals surface area (Å²) in [5.41, 5.74) is -2.19. The van der Waals surface area contributed by atoms with Crippen molar-refractivity contribution < 1.29 is 27.5 Å². The van der Waals surface area contributed by atoms with E-state index in [0.29, 0.717) is 29.7 Å². The third-order valence-electron chi connectivity index (χ3n) is 6.48. The fourth-order valence-electron chi connectivity index (χ4n) is 4.97. The number of ether oxygens (including phenoxy) is 1. The zero-order valence-corrected chi connectivity index (χ0v) is 18.0. The number of alkyl halides is 3. The van der Waals surface area contributed by atoms with E-state index < -0.39 is 34.4 Å². The number of anilines is 2. The van der Waals surface area contributed by atoms with Gasteiger partial charge in [-0.05, 0) is 37.1 Å². The number of esters is 1. The number of fused-ring (bicyclic) bond motifs is 1. The first-order chi connectivity index (χ1) is 15.7. The smallest absolute Gasteiger partial charge is 0.419 e. The molecule has 1 aromatic heterocycles. The molecule has 3 heterocycles. The number of amides is 1. The lowest BCUT2D eigenvalue weighted by Gasteiger charge is -2.36. The summed E-state index contributed by atoms with van der Waals surface area (Å²) < 4.78 is 45.7. The fraction of sp³-hybridized carbons (Fsp3) is 0.364. The molecule has 2 aliphatic heterocycles. The Balaban J connectivity index is 1.62. The Hall–Kier alpha value is -3.26. The number of rotatable bonds is 2. The Morgan fingerprint density at radius 2 is 1.91 bits per heavy atom. The van der Waals surface area contributed by atoms with Gasteiger partial charge in [0.1, 0.15) is 18.2 Å². The topological polar surface area (TPSA) is 86.5 Å². The highest BCUT2D eigenvalue weighted by Gasteiger charge is 2.58. The van der Waals surface area contributed by atoms with Gasteiger partial charge in [0.25, 0.3) is 5.91 Å². The number of aromatic nitrogens is 1. The van der Waals surface area contributed by atoms with Crippen LogP contribution in [0.1, 0.15) is 52.9 Å². The van der Waals surface area contributed by atoms with E-state index in [1.807, 2.05) is 0 Å². The Morgan fingerprint density at radius 3 is 2.58 bits per heavy atom. The van der Waals surface area contributed by atoms with Gasteiger partial charge in [-0.25, -0.2) is 9.78 Å². The van der Waals surface area contributed by atoms with Gasteiger partial charge in [-0.1, -0.05) is 12.8 Å². The summed E-state index contributed by atoms with van der Waals surface area (Å²) in [5.74, 6) is -0.788. The summed E-state index contributed by atoms with van der Waals surface area (Å²) in [5, 5.41) is 9.05. The van der Waals surface area contributed by atoms with Crippen molar-refractivity contribution in [2.45, 2.75) is 49.5 Å². The fourth-order valence-corrected chi connectivity index (χ4v) is 5.57. The maximum Gasteiger partial charge on any atom is 0.419 e. The zero-order valence-electron chi connectivity index (χ0n) is 17.1. The number of carbonyl (C=O) groups excluding carboxylic acids is 2. The first-order valence-corrected chi connectivity index (χ1v) is 10.8. The lowest BCUT2D eigenvalue weighted by atomic mass is 9.94. The molecule has 1 atom stereocenters. The van der Waals surface area contributed by atoms with Crippen molar-refractivity contribution >= 4 is 35.9 Å². The molecule has 3 aliphatic rings. The number of nitriles is 1. The van der Waals surface area contributed by atoms with Crippen LogP contribution >= 0.6 is 12.6 Å². The van der Waals surface area contributed by atoms with Gasteiger partial charge >= 0.3 is 12.1 Å². The van der Waals surface area contributed by atoms with E-state index in [4.69, 9.17) is 10.00 Å². The van der Waals surface area contributed by atoms with Gasteiger partial charge in [0.15, 0.2) is 11.2 Å². The largest absolute Gasteiger partial charge is 0.457 e. The molecular weight excluding hydrogens is 457 g/mol. The van der Waals surface area contributed by atoms with Crippen LogP contribution in [0.25, 0.3) is 0 Å². The molecule has 0 bridgehead atoms. The van der Waals surface area contributed by atoms with E-state index in [-0.39, 0.29) is 18.2 Å². The minimum atomic E-state index is -4.81. The van der Waals surface area contributed by atoms with Crippen LogP contribution in [0.15, 0.2) is 30.5 Å². The Bertz CT molecular complexity index is 1220. The van der Waals surface area contributed by atoms with Crippen LogP contribution in [-0.2, 0) is 22.3 Å². The quantitative estimate of drug-likeness (QED) is 0.523. The highest BCUT2D eigenvalue weighted by Crippen LogP contribution is 2.49. The van der Waals surface area contributed by atoms with Crippen molar-refractivity contribution in [1.29, 1.82) is 5.26 Å². The van der Waals surface area contributed by atoms with Crippen LogP contribution in [0.5, 0.6) is 0 Å². The molecule has 1 spiro atoms. The third-order valence-corrected chi connectivity index (χ3v) is 6.94. The molecule has 2 aromatic rings. The molecule has 2 fully saturated rings. The van der Waals surface area contributed by atoms with Gasteiger partial charge in [0.05, 0.1) is 23.0 Å². The Kier molecular flexibility index (Phi) is 4.83. The Labute approximate surface area is 192 Å². The van der Waals surface area contributed by atoms with Gasteiger partial charge < -0.3 is 9.64 Å². The first-order valence-electron chi connectivity index (χ1n) is 10.3. The van der Waals surface area contributed by atoms with E-state index in [1.165, 1.54) is 11.0 Å². The molecular formula is C22H17F3N4O3S. The van der Waals surface area contributed by atoms with Crippen LogP contribution < -0.4 is 9.80 Å². The summed E-state index contributed by atoms with van der Waals surface area (Å²) in [6, 6.07) is 7.31. The second-order valence-corrected chi connectivity index (χ2v) is 8.71. The summed E-state index contributed by atoms with van der Waals surface area (Å²) >= 11 is 4.65. The number of hydrogen-bond donors (Lipinski definition) is 1. The molecule has 0 N–H and O–H groups in total. The SMILES string of the molecule is N#Cc1ncc(N2C(=O)C3(CCCC3)N(c3ccc4c(c3)COC4=O)C2S)cc1C(F)(F)F. The molecule has 1 aromatic carbocycles. The number of carbonyl (C=O) groups is 2. The second kappa shape index (κ2) is 7.38. The number of hydrogen-bond acceptors (Lipinski definition) is 7. The van der Waals surface area contributed by atoms with E-state index in [0.717, 1.165) is 25.1 Å². The average Bonchev–Trinajstić information content (AvgIpc) is 3.46. The normalized spacial score (nSPS) is 21.5. The van der Waals surface area contributed by atoms with Gasteiger partial charge in [-0.2, -0.15) is 18.4 Å². The van der Waals surface area contributed by atoms with Gasteiger partial charge in [-0.3, -0.25) is 9.69 Å². The monoisotopic (exact) mass is 474 g/mol. The van der Waals surface area contributed by atoms with Crippen molar-refractivity contribution in [1.82, 2.24) is 4.98 Å². The molecule has 33 heavy (non-hydrogen) atoms. The molecule has 1 saturated heterocycles. The second-order valence-electron chi connectivity index (χ2n) is 8.25. The number of pyridine rings is 1. The van der Waals surface area contributed by atoms with Crippen molar-refractivity contribution in [2.24, 2.45) is 0 Å². The maximum absolute atomic E-state index is 13.7. The highest BCUT2D eigenvalue weighted by molar-refractivity contribution is 7.81. The first kappa shape index (κ1) is 21.6. The van der Waals surface area contributed by atoms with Gasteiger partial charge in [0.2, 0.25) is 0 Å². The Morgan fingerprint density at radius 1 is 1.18 bits per heavy atom. The lowest BCUT2D eigenvalue weighted by Crippen LogP contribution is -2.48. The van der Waals surface area contributed by atoms with E-state index in [9.17, 15) is 22.8 Å². The third kappa shape index (κ3) is 3.15. The van der Waals surface area contributed by atoms with E-state index in [1.54, 1.807) is 23.1 Å². The minimum absolute atomic E-state index is 0.0835. The maximum atomic E-state index is 13.7. The zero-order chi connectivity index (χ0) is 23.5. The van der Waals surface area contributed by atoms with Crippen LogP contribution in [0.3, 0.4) is 0 Å². The number of nitrogens with zero attached hydrogens (tertiary/aromatic N) is 4. The molecule has 11 heteroatoms. The van der Waals surface area contributed by atoms with Gasteiger partial charge in [0, 0.05) is 11.3 Å². The molecule has 7 nitrogen and oxygen atoms in total. The van der Waals surface area contributed by atoms with E-state index in [2.05, 4.69) is 17.6 Å². The standard InChI is InChI=1S/C22H17F3N4O3S/c23-22(24,25)16-8-14(10-27-17(16)9-26)28-19(31)21(5-1-2-6-21)29(20(28)33)13-3-4-15-12(7-13)11-32-18(15)30/h3-4,7-8,10,20,33H,1-2,5-6,11H2. The number of halogens is 3. The van der Waals surface area contributed by atoms with Crippen LogP contribution in [0, 0.1) is 11.3 Å². The summed E-state index contributed by atoms with van der Waals surface area (Å²) in [6.07, 6.45) is -1.12. The minimum Gasteiger partial charge on any atom is -0.457 e. The van der Waals surface area contributed by atoms with Crippen LogP contribution in [0.2, 0.25) is 0 Å². The average molecular weight is 474 g/mol. The molecule has 1 amide bonds.